The maximum Gasteiger partial charge on any atom is 0.152 e. The number of nitrogens with zero attached hydrogens (tertiary/aromatic N) is 1. The quantitative estimate of drug-likeness (QED) is 0.533. The Bertz CT molecular complexity index is 160. The van der Waals surface area contributed by atoms with Crippen LogP contribution in [0.3, 0.4) is 0 Å². The van der Waals surface area contributed by atoms with Crippen molar-refractivity contribution < 1.29 is 0 Å². The molecule has 0 spiro atoms. The molecular formula is C13H29NSi. The fourth-order valence-electron chi connectivity index (χ4n) is 2.15. The number of unbranched alkanes of at least 4 members (excludes halogenated alkanes) is 2. The second-order valence-corrected chi connectivity index (χ2v) is 8.91. The Labute approximate surface area is 97.6 Å². The van der Waals surface area contributed by atoms with Crippen LogP contribution in [0.1, 0.15) is 46.5 Å². The van der Waals surface area contributed by atoms with Crippen LogP contribution in [0.25, 0.3) is 0 Å². The third-order valence-electron chi connectivity index (χ3n) is 3.54. The minimum Gasteiger partial charge on any atom is -0.323 e. The molecule has 0 aliphatic carbocycles. The molecule has 0 atom stereocenters. The van der Waals surface area contributed by atoms with E-state index in [0.29, 0.717) is 0 Å². The molecule has 0 amide bonds. The van der Waals surface area contributed by atoms with Gasteiger partial charge in [-0.15, -0.1) is 6.58 Å². The van der Waals surface area contributed by atoms with E-state index in [4.69, 9.17) is 0 Å². The van der Waals surface area contributed by atoms with Gasteiger partial charge in [0.05, 0.1) is 0 Å². The molecule has 0 aromatic heterocycles. The first-order valence-corrected chi connectivity index (χ1v) is 8.95. The molecular weight excluding hydrogens is 198 g/mol. The molecule has 0 bridgehead atoms. The van der Waals surface area contributed by atoms with Crippen molar-refractivity contribution in [3.05, 3.63) is 12.3 Å². The van der Waals surface area contributed by atoms with Crippen LogP contribution < -0.4 is 0 Å². The lowest BCUT2D eigenvalue weighted by Crippen LogP contribution is -2.49. The van der Waals surface area contributed by atoms with Crippen LogP contribution in [0.5, 0.6) is 0 Å². The van der Waals surface area contributed by atoms with E-state index in [9.17, 15) is 0 Å². The van der Waals surface area contributed by atoms with E-state index >= 15 is 0 Å². The van der Waals surface area contributed by atoms with Crippen LogP contribution >= 0.6 is 0 Å². The van der Waals surface area contributed by atoms with Gasteiger partial charge in [-0.05, 0) is 25.7 Å². The zero-order chi connectivity index (χ0) is 11.7. The fraction of sp³-hybridized carbons (Fsp3) is 0.846. The minimum absolute atomic E-state index is 1.17. The van der Waals surface area contributed by atoms with E-state index in [1.54, 1.807) is 0 Å². The second kappa shape index (κ2) is 8.11. The molecule has 0 aromatic rings. The molecule has 0 unspecified atom stereocenters. The summed E-state index contributed by atoms with van der Waals surface area (Å²) in [5.41, 5.74) is 2.32. The Kier molecular flexibility index (Phi) is 8.07. The molecule has 0 fully saturated rings. The standard InChI is InChI=1S/C13H29NSi/c1-6-10-12-15(9-4,13-11-7-2)14(5)8-3/h9H,4,6-8,10-13H2,1-3,5H3. The van der Waals surface area contributed by atoms with Crippen molar-refractivity contribution in [3.8, 4) is 0 Å². The molecule has 15 heavy (non-hydrogen) atoms. The van der Waals surface area contributed by atoms with Crippen molar-refractivity contribution in [2.75, 3.05) is 13.6 Å². The zero-order valence-electron chi connectivity index (χ0n) is 11.2. The SMILES string of the molecule is C=C[Si](CCCC)(CCCC)N(C)CC. The lowest BCUT2D eigenvalue weighted by Gasteiger charge is -2.37. The maximum absolute atomic E-state index is 4.13. The van der Waals surface area contributed by atoms with Crippen molar-refractivity contribution in [1.82, 2.24) is 4.57 Å². The zero-order valence-corrected chi connectivity index (χ0v) is 12.2. The van der Waals surface area contributed by atoms with Crippen molar-refractivity contribution in [3.63, 3.8) is 0 Å². The summed E-state index contributed by atoms with van der Waals surface area (Å²) in [6.07, 6.45) is 5.36. The summed E-state index contributed by atoms with van der Waals surface area (Å²) in [5, 5.41) is 0. The molecule has 0 saturated heterocycles. The van der Waals surface area contributed by atoms with Gasteiger partial charge < -0.3 is 4.57 Å². The molecule has 0 saturated carbocycles. The van der Waals surface area contributed by atoms with Gasteiger partial charge in [-0.25, -0.2) is 0 Å². The molecule has 0 aromatic carbocycles. The molecule has 0 aliphatic rings. The van der Waals surface area contributed by atoms with E-state index in [-0.39, 0.29) is 0 Å². The predicted molar refractivity (Wildman–Crippen MR) is 73.7 cm³/mol. The number of hydrogen-bond donors (Lipinski definition) is 0. The summed E-state index contributed by atoms with van der Waals surface area (Å²) < 4.78 is 2.60. The van der Waals surface area contributed by atoms with Gasteiger partial charge in [0.1, 0.15) is 0 Å². The van der Waals surface area contributed by atoms with E-state index in [1.807, 2.05) is 0 Å². The average molecular weight is 227 g/mol. The Balaban J connectivity index is 4.51. The molecule has 0 heterocycles. The monoisotopic (exact) mass is 227 g/mol. The van der Waals surface area contributed by atoms with Crippen LogP contribution in [0.15, 0.2) is 12.3 Å². The Morgan fingerprint density at radius 2 is 1.53 bits per heavy atom. The lowest BCUT2D eigenvalue weighted by atomic mass is 10.4. The second-order valence-electron chi connectivity index (χ2n) is 4.53. The number of rotatable bonds is 9. The van der Waals surface area contributed by atoms with Crippen LogP contribution in [0.2, 0.25) is 12.1 Å². The van der Waals surface area contributed by atoms with E-state index < -0.39 is 8.24 Å². The Morgan fingerprint density at radius 3 is 1.80 bits per heavy atom. The van der Waals surface area contributed by atoms with Crippen LogP contribution in [-0.2, 0) is 0 Å². The van der Waals surface area contributed by atoms with Crippen molar-refractivity contribution in [2.45, 2.75) is 58.5 Å². The summed E-state index contributed by atoms with van der Waals surface area (Å²) in [6, 6.07) is 2.80. The summed E-state index contributed by atoms with van der Waals surface area (Å²) in [6.45, 7) is 12.1. The van der Waals surface area contributed by atoms with Gasteiger partial charge in [-0.3, -0.25) is 0 Å². The Hall–Kier alpha value is -0.0831. The van der Waals surface area contributed by atoms with Gasteiger partial charge in [0.15, 0.2) is 8.24 Å². The first-order valence-electron chi connectivity index (χ1n) is 6.51. The van der Waals surface area contributed by atoms with Crippen molar-refractivity contribution in [1.29, 1.82) is 0 Å². The molecule has 0 aliphatic heterocycles. The van der Waals surface area contributed by atoms with Crippen molar-refractivity contribution >= 4 is 8.24 Å². The molecule has 1 nitrogen and oxygen atoms in total. The molecule has 0 rings (SSSR count). The highest BCUT2D eigenvalue weighted by Gasteiger charge is 2.32. The van der Waals surface area contributed by atoms with Gasteiger partial charge in [-0.1, -0.05) is 52.2 Å². The number of hydrogen-bond acceptors (Lipinski definition) is 1. The van der Waals surface area contributed by atoms with E-state index in [1.165, 1.54) is 44.3 Å². The first-order chi connectivity index (χ1) is 7.16. The van der Waals surface area contributed by atoms with Gasteiger partial charge in [0.25, 0.3) is 0 Å². The molecule has 90 valence electrons. The third kappa shape index (κ3) is 4.52. The third-order valence-corrected chi connectivity index (χ3v) is 8.58. The summed E-state index contributed by atoms with van der Waals surface area (Å²) in [4.78, 5) is 0. The van der Waals surface area contributed by atoms with Crippen LogP contribution in [0, 0.1) is 0 Å². The summed E-state index contributed by atoms with van der Waals surface area (Å²) >= 11 is 0. The summed E-state index contributed by atoms with van der Waals surface area (Å²) in [7, 11) is 0.973. The largest absolute Gasteiger partial charge is 0.323 e. The maximum atomic E-state index is 4.13. The molecule has 2 heteroatoms. The van der Waals surface area contributed by atoms with Crippen LogP contribution in [0.4, 0.5) is 0 Å². The van der Waals surface area contributed by atoms with Crippen molar-refractivity contribution in [2.24, 2.45) is 0 Å². The molecule has 0 radical (unpaired) electrons. The van der Waals surface area contributed by atoms with E-state index in [2.05, 4.69) is 44.7 Å². The highest BCUT2D eigenvalue weighted by molar-refractivity contribution is 6.81. The van der Waals surface area contributed by atoms with Gasteiger partial charge in [-0.2, -0.15) is 0 Å². The Morgan fingerprint density at radius 1 is 1.07 bits per heavy atom. The van der Waals surface area contributed by atoms with Crippen LogP contribution in [-0.4, -0.2) is 26.4 Å². The van der Waals surface area contributed by atoms with E-state index in [0.717, 1.165) is 0 Å². The topological polar surface area (TPSA) is 3.24 Å². The smallest absolute Gasteiger partial charge is 0.152 e. The lowest BCUT2D eigenvalue weighted by molar-refractivity contribution is 0.523. The predicted octanol–water partition coefficient (Wildman–Crippen LogP) is 4.21. The average Bonchev–Trinajstić information content (AvgIpc) is 2.29. The first kappa shape index (κ1) is 14.9. The molecule has 0 N–H and O–H groups in total. The highest BCUT2D eigenvalue weighted by atomic mass is 28.3. The normalized spacial score (nSPS) is 12.1. The van der Waals surface area contributed by atoms with Gasteiger partial charge in [0.2, 0.25) is 0 Å². The van der Waals surface area contributed by atoms with Gasteiger partial charge in [0, 0.05) is 0 Å². The summed E-state index contributed by atoms with van der Waals surface area (Å²) in [5.74, 6) is 0. The minimum atomic E-state index is -1.32. The van der Waals surface area contributed by atoms with Gasteiger partial charge >= 0.3 is 0 Å². The highest BCUT2D eigenvalue weighted by Crippen LogP contribution is 2.25. The fourth-order valence-corrected chi connectivity index (χ4v) is 6.44.